The monoisotopic (exact) mass is 569 g/mol. The van der Waals surface area contributed by atoms with E-state index >= 15 is 0 Å². The largest absolute Gasteiger partial charge is 0.371 e. The fraction of sp³-hybridized carbons (Fsp3) is 0.542. The predicted octanol–water partition coefficient (Wildman–Crippen LogP) is 4.69. The number of fused-ring (bicyclic) bond motifs is 1. The molecule has 0 bridgehead atoms. The van der Waals surface area contributed by atoms with Gasteiger partial charge in [0.05, 0.1) is 36.9 Å². The van der Waals surface area contributed by atoms with Crippen LogP contribution in [0, 0.1) is 6.92 Å². The molecule has 4 heterocycles. The summed E-state index contributed by atoms with van der Waals surface area (Å²) in [5.41, 5.74) is 3.43. The van der Waals surface area contributed by atoms with Crippen molar-refractivity contribution in [1.82, 2.24) is 23.9 Å². The number of unbranched alkanes of at least 4 members (excludes halogenated alkanes) is 1. The highest BCUT2D eigenvalue weighted by Gasteiger charge is 2.47. The number of alkyl halides is 3. The molecule has 1 saturated heterocycles. The summed E-state index contributed by atoms with van der Waals surface area (Å²) in [5.74, 6) is -2.87. The highest BCUT2D eigenvalue weighted by molar-refractivity contribution is 7.88. The number of sulfonamides is 1. The molecule has 0 aliphatic carbocycles. The van der Waals surface area contributed by atoms with E-state index in [-0.39, 0.29) is 25.6 Å². The second kappa shape index (κ2) is 12.7. The molecule has 39 heavy (non-hydrogen) atoms. The Balaban J connectivity index is 0.000000771. The average Bonchev–Trinajstić information content (AvgIpc) is 3.30. The van der Waals surface area contributed by atoms with Crippen molar-refractivity contribution in [2.75, 3.05) is 50.7 Å². The molecule has 1 aliphatic rings. The average molecular weight is 570 g/mol. The Labute approximate surface area is 226 Å². The molecule has 0 saturated carbocycles. The van der Waals surface area contributed by atoms with Crippen LogP contribution in [-0.4, -0.2) is 84.4 Å². The summed E-state index contributed by atoms with van der Waals surface area (Å²) in [7, 11) is -0.445. The van der Waals surface area contributed by atoms with E-state index in [9.17, 15) is 21.6 Å². The molecule has 1 unspecified atom stereocenters. The first kappa shape index (κ1) is 30.2. The Morgan fingerprint density at radius 3 is 2.51 bits per heavy atom. The van der Waals surface area contributed by atoms with Crippen molar-refractivity contribution in [2.24, 2.45) is 10.2 Å². The third-order valence-electron chi connectivity index (χ3n) is 6.11. The van der Waals surface area contributed by atoms with Gasteiger partial charge in [-0.15, -0.1) is 5.10 Å². The van der Waals surface area contributed by atoms with Crippen molar-refractivity contribution in [2.45, 2.75) is 45.1 Å². The lowest BCUT2D eigenvalue weighted by Crippen LogP contribution is -2.55. The molecule has 214 valence electrons. The van der Waals surface area contributed by atoms with Crippen molar-refractivity contribution in [1.29, 1.82) is 0 Å². The predicted molar refractivity (Wildman–Crippen MR) is 145 cm³/mol. The van der Waals surface area contributed by atoms with Crippen LogP contribution in [0.2, 0.25) is 0 Å². The van der Waals surface area contributed by atoms with Crippen LogP contribution >= 0.6 is 0 Å². The van der Waals surface area contributed by atoms with Crippen LogP contribution in [0.3, 0.4) is 0 Å². The summed E-state index contributed by atoms with van der Waals surface area (Å²) in [4.78, 5) is 9.00. The number of azo groups is 1. The van der Waals surface area contributed by atoms with E-state index < -0.39 is 28.5 Å². The van der Waals surface area contributed by atoms with Crippen LogP contribution in [0.4, 0.5) is 30.6 Å². The molecule has 4 rings (SSSR count). The first-order chi connectivity index (χ1) is 18.4. The van der Waals surface area contributed by atoms with Gasteiger partial charge < -0.3 is 10.6 Å². The minimum Gasteiger partial charge on any atom is -0.371 e. The van der Waals surface area contributed by atoms with E-state index in [1.165, 1.54) is 4.52 Å². The van der Waals surface area contributed by atoms with Crippen LogP contribution in [0.15, 0.2) is 34.6 Å². The fourth-order valence-corrected chi connectivity index (χ4v) is 4.89. The third kappa shape index (κ3) is 7.20. The number of nitrogens with one attached hydrogen (secondary N) is 2. The molecule has 11 nitrogen and oxygen atoms in total. The zero-order valence-corrected chi connectivity index (χ0v) is 23.4. The van der Waals surface area contributed by atoms with Crippen LogP contribution in [-0.2, 0) is 10.0 Å². The number of hydrogen-bond acceptors (Lipinski definition) is 9. The summed E-state index contributed by atoms with van der Waals surface area (Å²) >= 11 is 0. The normalized spacial score (nSPS) is 17.7. The van der Waals surface area contributed by atoms with Crippen LogP contribution < -0.4 is 10.6 Å². The molecular formula is C24H34F3N9O2S. The lowest BCUT2D eigenvalue weighted by Gasteiger charge is -2.37. The van der Waals surface area contributed by atoms with Gasteiger partial charge in [0.15, 0.2) is 5.82 Å². The number of anilines is 2. The number of halogens is 3. The molecular weight excluding hydrogens is 535 g/mol. The van der Waals surface area contributed by atoms with Crippen molar-refractivity contribution < 1.29 is 21.6 Å². The van der Waals surface area contributed by atoms with E-state index in [4.69, 9.17) is 0 Å². The number of aromatic nitrogens is 4. The van der Waals surface area contributed by atoms with Gasteiger partial charge in [0.1, 0.15) is 11.2 Å². The Kier molecular flexibility index (Phi) is 9.83. The van der Waals surface area contributed by atoms with Gasteiger partial charge in [-0.2, -0.15) is 19.5 Å². The molecule has 1 fully saturated rings. The number of aryl methyl sites for hydroxylation is 1. The lowest BCUT2D eigenvalue weighted by atomic mass is 10.0. The molecule has 1 aliphatic heterocycles. The first-order valence-electron chi connectivity index (χ1n) is 12.5. The second-order valence-electron chi connectivity index (χ2n) is 9.04. The van der Waals surface area contributed by atoms with Gasteiger partial charge in [0, 0.05) is 32.4 Å². The van der Waals surface area contributed by atoms with Gasteiger partial charge >= 0.3 is 0 Å². The molecule has 0 spiro atoms. The molecule has 2 N–H and O–H groups in total. The van der Waals surface area contributed by atoms with E-state index in [0.717, 1.165) is 29.0 Å². The van der Waals surface area contributed by atoms with Gasteiger partial charge in [-0.05, 0) is 38.0 Å². The quantitative estimate of drug-likeness (QED) is 0.377. The minimum absolute atomic E-state index is 0.000624. The molecule has 15 heteroatoms. The zero-order chi connectivity index (χ0) is 28.8. The SMILES string of the molecule is CCCCF.CN=Nc1ccc(-c2ccn3nc(NC4CCN(S(C)(=O)=O)CC4(F)F)nc(NC)c23)nc1C. The standard InChI is InChI=1S/C20H25F2N9O2S.C4H9F/c1-12-14(28-24-3)5-6-15(25-12)13-7-10-31-17(13)18(23-2)27-19(29-31)26-16-8-9-30(34(4,32)33)11-20(16,21)22;1-2-3-4-5/h5-7,10,16H,8-9,11H2,1-4H3,(H2,23,26,27,29);2-4H2,1H3. The van der Waals surface area contributed by atoms with Gasteiger partial charge in [-0.3, -0.25) is 9.37 Å². The molecule has 0 amide bonds. The number of nitrogens with zero attached hydrogens (tertiary/aromatic N) is 7. The number of rotatable bonds is 8. The van der Waals surface area contributed by atoms with Crippen LogP contribution in [0.1, 0.15) is 31.9 Å². The second-order valence-corrected chi connectivity index (χ2v) is 11.0. The smallest absolute Gasteiger partial charge is 0.281 e. The summed E-state index contributed by atoms with van der Waals surface area (Å²) in [6, 6.07) is 4.13. The molecule has 3 aromatic heterocycles. The van der Waals surface area contributed by atoms with E-state index in [2.05, 4.69) is 35.9 Å². The summed E-state index contributed by atoms with van der Waals surface area (Å²) in [5, 5.41) is 17.9. The Hall–Kier alpha value is -3.33. The van der Waals surface area contributed by atoms with Crippen molar-refractivity contribution in [3.05, 3.63) is 30.1 Å². The fourth-order valence-electron chi connectivity index (χ4n) is 4.04. The van der Waals surface area contributed by atoms with Gasteiger partial charge in [0.2, 0.25) is 16.0 Å². The summed E-state index contributed by atoms with van der Waals surface area (Å²) < 4.78 is 66.1. The van der Waals surface area contributed by atoms with Crippen molar-refractivity contribution in [3.63, 3.8) is 0 Å². The maximum absolute atomic E-state index is 14.7. The van der Waals surface area contributed by atoms with E-state index in [0.29, 0.717) is 28.4 Å². The Morgan fingerprint density at radius 1 is 1.23 bits per heavy atom. The topological polar surface area (TPSA) is 129 Å². The Morgan fingerprint density at radius 2 is 1.97 bits per heavy atom. The Bertz CT molecular complexity index is 1410. The van der Waals surface area contributed by atoms with Crippen molar-refractivity contribution >= 4 is 33.0 Å². The highest BCUT2D eigenvalue weighted by Crippen LogP contribution is 2.33. The van der Waals surface area contributed by atoms with E-state index in [1.807, 2.05) is 32.0 Å². The highest BCUT2D eigenvalue weighted by atomic mass is 32.2. The molecule has 3 aromatic rings. The summed E-state index contributed by atoms with van der Waals surface area (Å²) in [6.07, 6.45) is 4.22. The lowest BCUT2D eigenvalue weighted by molar-refractivity contribution is -0.0541. The van der Waals surface area contributed by atoms with Crippen LogP contribution in [0.25, 0.3) is 16.8 Å². The molecule has 0 aromatic carbocycles. The van der Waals surface area contributed by atoms with Gasteiger partial charge in [-0.1, -0.05) is 13.3 Å². The molecule has 1 atom stereocenters. The molecule has 0 radical (unpaired) electrons. The maximum atomic E-state index is 14.7. The number of hydrogen-bond donors (Lipinski definition) is 2. The minimum atomic E-state index is -3.70. The number of pyridine rings is 1. The maximum Gasteiger partial charge on any atom is 0.281 e. The third-order valence-corrected chi connectivity index (χ3v) is 7.36. The number of piperidine rings is 1. The van der Waals surface area contributed by atoms with Gasteiger partial charge in [-0.25, -0.2) is 21.7 Å². The first-order valence-corrected chi connectivity index (χ1v) is 14.3. The van der Waals surface area contributed by atoms with Crippen LogP contribution in [0.5, 0.6) is 0 Å². The van der Waals surface area contributed by atoms with Gasteiger partial charge in [0.25, 0.3) is 5.92 Å². The zero-order valence-electron chi connectivity index (χ0n) is 22.6. The van der Waals surface area contributed by atoms with E-state index in [1.54, 1.807) is 20.3 Å². The van der Waals surface area contributed by atoms with Crippen molar-refractivity contribution in [3.8, 4) is 11.3 Å². The summed E-state index contributed by atoms with van der Waals surface area (Å²) in [6.45, 7) is 2.74.